The van der Waals surface area contributed by atoms with Crippen LogP contribution in [0.5, 0.6) is 0 Å². The Morgan fingerprint density at radius 1 is 1.29 bits per heavy atom. The SMILES string of the molecule is CN=C(NCCSc1ccccc1)NC1CCC(SC)C1. The second kappa shape index (κ2) is 9.26. The quantitative estimate of drug-likeness (QED) is 0.365. The van der Waals surface area contributed by atoms with Crippen LogP contribution in [0.25, 0.3) is 0 Å². The number of guanidine groups is 1. The summed E-state index contributed by atoms with van der Waals surface area (Å²) in [6, 6.07) is 11.1. The predicted molar refractivity (Wildman–Crippen MR) is 96.6 cm³/mol. The molecule has 0 spiro atoms. The van der Waals surface area contributed by atoms with Crippen LogP contribution in [-0.2, 0) is 0 Å². The highest BCUT2D eigenvalue weighted by Gasteiger charge is 2.24. The van der Waals surface area contributed by atoms with Gasteiger partial charge in [0.2, 0.25) is 0 Å². The summed E-state index contributed by atoms with van der Waals surface area (Å²) in [6.07, 6.45) is 6.03. The number of nitrogens with zero attached hydrogens (tertiary/aromatic N) is 1. The van der Waals surface area contributed by atoms with Gasteiger partial charge < -0.3 is 10.6 Å². The molecule has 2 unspecified atom stereocenters. The van der Waals surface area contributed by atoms with E-state index in [2.05, 4.69) is 52.2 Å². The van der Waals surface area contributed by atoms with Gasteiger partial charge in [-0.05, 0) is 37.7 Å². The summed E-state index contributed by atoms with van der Waals surface area (Å²) in [6.45, 7) is 0.928. The Morgan fingerprint density at radius 2 is 2.10 bits per heavy atom. The number of rotatable bonds is 6. The first kappa shape index (κ1) is 16.6. The lowest BCUT2D eigenvalue weighted by Gasteiger charge is -2.17. The molecule has 116 valence electrons. The monoisotopic (exact) mass is 323 g/mol. The Labute approximate surface area is 136 Å². The van der Waals surface area contributed by atoms with Crippen LogP contribution in [0.1, 0.15) is 19.3 Å². The number of nitrogens with one attached hydrogen (secondary N) is 2. The standard InChI is InChI=1S/C16H25N3S2/c1-17-16(19-13-8-9-15(12-13)20-2)18-10-11-21-14-6-4-3-5-7-14/h3-7,13,15H,8-12H2,1-2H3,(H2,17,18,19). The van der Waals surface area contributed by atoms with E-state index in [1.807, 2.05) is 30.6 Å². The summed E-state index contributed by atoms with van der Waals surface area (Å²) >= 11 is 3.86. The lowest BCUT2D eigenvalue weighted by Crippen LogP contribution is -2.43. The Balaban J connectivity index is 1.64. The average molecular weight is 324 g/mol. The maximum absolute atomic E-state index is 4.33. The summed E-state index contributed by atoms with van der Waals surface area (Å²) in [5.41, 5.74) is 0. The fourth-order valence-electron chi connectivity index (χ4n) is 2.53. The van der Waals surface area contributed by atoms with Crippen LogP contribution in [-0.4, -0.2) is 42.9 Å². The molecule has 0 radical (unpaired) electrons. The number of hydrogen-bond donors (Lipinski definition) is 2. The largest absolute Gasteiger partial charge is 0.356 e. The topological polar surface area (TPSA) is 36.4 Å². The van der Waals surface area contributed by atoms with E-state index in [4.69, 9.17) is 0 Å². The molecule has 1 saturated carbocycles. The molecule has 0 heterocycles. The van der Waals surface area contributed by atoms with Gasteiger partial charge in [-0.2, -0.15) is 11.8 Å². The highest BCUT2D eigenvalue weighted by atomic mass is 32.2. The van der Waals surface area contributed by atoms with Gasteiger partial charge in [0.05, 0.1) is 0 Å². The van der Waals surface area contributed by atoms with E-state index in [0.29, 0.717) is 6.04 Å². The summed E-state index contributed by atoms with van der Waals surface area (Å²) in [4.78, 5) is 5.65. The Morgan fingerprint density at radius 3 is 2.76 bits per heavy atom. The van der Waals surface area contributed by atoms with Crippen molar-refractivity contribution in [2.45, 2.75) is 35.4 Å². The van der Waals surface area contributed by atoms with Crippen molar-refractivity contribution in [3.8, 4) is 0 Å². The Bertz CT molecular complexity index is 436. The van der Waals surface area contributed by atoms with E-state index in [1.54, 1.807) is 0 Å². The van der Waals surface area contributed by atoms with Crippen LogP contribution in [0.3, 0.4) is 0 Å². The molecule has 3 nitrogen and oxygen atoms in total. The van der Waals surface area contributed by atoms with Gasteiger partial charge in [-0.25, -0.2) is 0 Å². The molecule has 2 atom stereocenters. The van der Waals surface area contributed by atoms with Crippen molar-refractivity contribution in [2.75, 3.05) is 25.6 Å². The summed E-state index contributed by atoms with van der Waals surface area (Å²) in [5, 5.41) is 7.77. The molecule has 2 rings (SSSR count). The number of hydrogen-bond acceptors (Lipinski definition) is 3. The van der Waals surface area contributed by atoms with Gasteiger partial charge in [-0.3, -0.25) is 4.99 Å². The van der Waals surface area contributed by atoms with E-state index in [-0.39, 0.29) is 0 Å². The Kier molecular flexibility index (Phi) is 7.30. The third-order valence-corrected chi connectivity index (χ3v) is 5.80. The first-order chi connectivity index (χ1) is 10.3. The minimum atomic E-state index is 0.579. The van der Waals surface area contributed by atoms with E-state index < -0.39 is 0 Å². The van der Waals surface area contributed by atoms with Gasteiger partial charge >= 0.3 is 0 Å². The first-order valence-corrected chi connectivity index (χ1v) is 9.77. The minimum absolute atomic E-state index is 0.579. The normalized spacial score (nSPS) is 22.3. The van der Waals surface area contributed by atoms with Gasteiger partial charge in [-0.15, -0.1) is 11.8 Å². The highest BCUT2D eigenvalue weighted by Crippen LogP contribution is 2.28. The van der Waals surface area contributed by atoms with E-state index in [0.717, 1.165) is 23.5 Å². The lowest BCUT2D eigenvalue weighted by atomic mass is 10.2. The Hall–Kier alpha value is -0.810. The molecule has 0 aliphatic heterocycles. The van der Waals surface area contributed by atoms with Crippen LogP contribution >= 0.6 is 23.5 Å². The molecule has 1 aliphatic carbocycles. The summed E-state index contributed by atoms with van der Waals surface area (Å²) < 4.78 is 0. The lowest BCUT2D eigenvalue weighted by molar-refractivity contribution is 0.617. The van der Waals surface area contributed by atoms with Crippen molar-refractivity contribution < 1.29 is 0 Å². The number of benzene rings is 1. The van der Waals surface area contributed by atoms with E-state index in [1.165, 1.54) is 24.2 Å². The summed E-state index contributed by atoms with van der Waals surface area (Å²) in [7, 11) is 1.85. The molecule has 0 amide bonds. The van der Waals surface area contributed by atoms with Crippen molar-refractivity contribution in [3.63, 3.8) is 0 Å². The molecule has 0 saturated heterocycles. The second-order valence-electron chi connectivity index (χ2n) is 5.17. The van der Waals surface area contributed by atoms with Crippen LogP contribution in [0, 0.1) is 0 Å². The van der Waals surface area contributed by atoms with Crippen molar-refractivity contribution in [1.82, 2.24) is 10.6 Å². The molecule has 5 heteroatoms. The zero-order valence-electron chi connectivity index (χ0n) is 12.8. The van der Waals surface area contributed by atoms with E-state index >= 15 is 0 Å². The maximum Gasteiger partial charge on any atom is 0.191 e. The van der Waals surface area contributed by atoms with Crippen molar-refractivity contribution >= 4 is 29.5 Å². The zero-order valence-corrected chi connectivity index (χ0v) is 14.5. The molecule has 1 aliphatic rings. The third-order valence-electron chi connectivity index (χ3n) is 3.69. The van der Waals surface area contributed by atoms with Crippen molar-refractivity contribution in [2.24, 2.45) is 4.99 Å². The highest BCUT2D eigenvalue weighted by molar-refractivity contribution is 7.99. The van der Waals surface area contributed by atoms with Crippen LogP contribution in [0.15, 0.2) is 40.2 Å². The molecule has 1 aromatic carbocycles. The van der Waals surface area contributed by atoms with Gasteiger partial charge in [0, 0.05) is 35.5 Å². The summed E-state index contributed by atoms with van der Waals surface area (Å²) in [5.74, 6) is 1.98. The van der Waals surface area contributed by atoms with Crippen LogP contribution < -0.4 is 10.6 Å². The molecule has 2 N–H and O–H groups in total. The van der Waals surface area contributed by atoms with Gasteiger partial charge in [0.15, 0.2) is 5.96 Å². The third kappa shape index (κ3) is 5.83. The fraction of sp³-hybridized carbons (Fsp3) is 0.562. The second-order valence-corrected chi connectivity index (χ2v) is 7.48. The van der Waals surface area contributed by atoms with Crippen molar-refractivity contribution in [1.29, 1.82) is 0 Å². The van der Waals surface area contributed by atoms with Crippen molar-refractivity contribution in [3.05, 3.63) is 30.3 Å². The molecular weight excluding hydrogens is 298 g/mol. The van der Waals surface area contributed by atoms with Gasteiger partial charge in [-0.1, -0.05) is 18.2 Å². The molecular formula is C16H25N3S2. The molecule has 0 bridgehead atoms. The maximum atomic E-state index is 4.33. The molecule has 1 fully saturated rings. The molecule has 1 aromatic rings. The predicted octanol–water partition coefficient (Wildman–Crippen LogP) is 3.23. The smallest absolute Gasteiger partial charge is 0.191 e. The van der Waals surface area contributed by atoms with Crippen LogP contribution in [0.4, 0.5) is 0 Å². The first-order valence-electron chi connectivity index (χ1n) is 7.49. The van der Waals surface area contributed by atoms with Gasteiger partial charge in [0.25, 0.3) is 0 Å². The fourth-order valence-corrected chi connectivity index (χ4v) is 4.11. The van der Waals surface area contributed by atoms with Crippen LogP contribution in [0.2, 0.25) is 0 Å². The molecule has 21 heavy (non-hydrogen) atoms. The van der Waals surface area contributed by atoms with E-state index in [9.17, 15) is 0 Å². The number of thioether (sulfide) groups is 2. The average Bonchev–Trinajstić information content (AvgIpc) is 2.99. The van der Waals surface area contributed by atoms with Gasteiger partial charge in [0.1, 0.15) is 0 Å². The zero-order chi connectivity index (χ0) is 14.9. The minimum Gasteiger partial charge on any atom is -0.356 e. The molecule has 0 aromatic heterocycles. The number of aliphatic imine (C=N–C) groups is 1.